The van der Waals surface area contributed by atoms with Crippen LogP contribution in [-0.2, 0) is 0 Å². The topological polar surface area (TPSA) is 79.6 Å². The first-order chi connectivity index (χ1) is 11.8. The molecule has 3 aromatic rings. The Balaban J connectivity index is 1.73. The molecule has 1 fully saturated rings. The number of amides is 1. The van der Waals surface area contributed by atoms with Gasteiger partial charge in [0.25, 0.3) is 11.5 Å². The van der Waals surface area contributed by atoms with Crippen molar-refractivity contribution in [1.82, 2.24) is 24.6 Å². The van der Waals surface area contributed by atoms with E-state index in [1.807, 2.05) is 12.1 Å². The summed E-state index contributed by atoms with van der Waals surface area (Å²) in [5, 5.41) is 5.07. The fourth-order valence-corrected chi connectivity index (χ4v) is 3.62. The molecule has 0 spiro atoms. The van der Waals surface area contributed by atoms with E-state index in [0.29, 0.717) is 24.6 Å². The summed E-state index contributed by atoms with van der Waals surface area (Å²) in [7, 11) is 0. The van der Waals surface area contributed by atoms with Crippen molar-refractivity contribution in [2.24, 2.45) is 0 Å². The van der Waals surface area contributed by atoms with E-state index in [2.05, 4.69) is 15.3 Å². The summed E-state index contributed by atoms with van der Waals surface area (Å²) in [6.45, 7) is 1.86. The van der Waals surface area contributed by atoms with E-state index in [0.717, 1.165) is 5.56 Å². The number of thiazole rings is 1. The Bertz CT molecular complexity index is 936. The van der Waals surface area contributed by atoms with E-state index in [4.69, 9.17) is 0 Å². The van der Waals surface area contributed by atoms with E-state index < -0.39 is 0 Å². The van der Waals surface area contributed by atoms with Crippen LogP contribution in [0.2, 0.25) is 0 Å². The highest BCUT2D eigenvalue weighted by Gasteiger charge is 2.30. The SMILES string of the molecule is O=C(c1cnc2sccn2c1=O)N1CCNCC1c1cccnc1. The lowest BCUT2D eigenvalue weighted by Gasteiger charge is -2.36. The van der Waals surface area contributed by atoms with E-state index >= 15 is 0 Å². The Morgan fingerprint density at radius 1 is 1.38 bits per heavy atom. The smallest absolute Gasteiger partial charge is 0.271 e. The molecule has 1 amide bonds. The zero-order valence-corrected chi connectivity index (χ0v) is 13.6. The zero-order valence-electron chi connectivity index (χ0n) is 12.8. The molecule has 8 heteroatoms. The Morgan fingerprint density at radius 3 is 3.12 bits per heavy atom. The fourth-order valence-electron chi connectivity index (χ4n) is 2.94. The first kappa shape index (κ1) is 15.0. The van der Waals surface area contributed by atoms with Gasteiger partial charge in [-0.2, -0.15) is 0 Å². The largest absolute Gasteiger partial charge is 0.329 e. The van der Waals surface area contributed by atoms with Gasteiger partial charge in [0.2, 0.25) is 0 Å². The molecular weight excluding hydrogens is 326 g/mol. The molecule has 0 saturated carbocycles. The number of piperazine rings is 1. The minimum absolute atomic E-state index is 0.0988. The summed E-state index contributed by atoms with van der Waals surface area (Å²) in [5.74, 6) is -0.288. The molecule has 1 N–H and O–H groups in total. The number of hydrogen-bond donors (Lipinski definition) is 1. The van der Waals surface area contributed by atoms with Crippen molar-refractivity contribution in [3.8, 4) is 0 Å². The lowest BCUT2D eigenvalue weighted by Crippen LogP contribution is -2.49. The van der Waals surface area contributed by atoms with Crippen LogP contribution in [0.4, 0.5) is 0 Å². The van der Waals surface area contributed by atoms with Gasteiger partial charge < -0.3 is 10.2 Å². The standard InChI is InChI=1S/C16H15N5O2S/c22-14(12-9-19-16-21(15(12)23)6-7-24-16)20-5-4-18-10-13(20)11-2-1-3-17-8-11/h1-3,6-9,13,18H,4-5,10H2. The summed E-state index contributed by atoms with van der Waals surface area (Å²) >= 11 is 1.36. The number of nitrogens with zero attached hydrogens (tertiary/aromatic N) is 4. The predicted octanol–water partition coefficient (Wildman–Crippen LogP) is 0.938. The van der Waals surface area contributed by atoms with E-state index in [-0.39, 0.29) is 23.1 Å². The number of hydrogen-bond acceptors (Lipinski definition) is 6. The molecule has 4 heterocycles. The Labute approximate surface area is 141 Å². The number of aromatic nitrogens is 3. The third-order valence-corrected chi connectivity index (χ3v) is 4.92. The van der Waals surface area contributed by atoms with Crippen LogP contribution in [-0.4, -0.2) is 44.8 Å². The maximum atomic E-state index is 13.0. The molecular formula is C16H15N5O2S. The molecule has 24 heavy (non-hydrogen) atoms. The third-order valence-electron chi connectivity index (χ3n) is 4.15. The van der Waals surface area contributed by atoms with Crippen LogP contribution in [0, 0.1) is 0 Å². The van der Waals surface area contributed by atoms with Crippen molar-refractivity contribution in [2.75, 3.05) is 19.6 Å². The molecule has 0 aromatic carbocycles. The number of nitrogens with one attached hydrogen (secondary N) is 1. The average Bonchev–Trinajstić information content (AvgIpc) is 3.12. The highest BCUT2D eigenvalue weighted by Crippen LogP contribution is 2.23. The third kappa shape index (κ3) is 2.49. The fraction of sp³-hybridized carbons (Fsp3) is 0.250. The van der Waals surface area contributed by atoms with Crippen LogP contribution in [0.5, 0.6) is 0 Å². The monoisotopic (exact) mass is 341 g/mol. The van der Waals surface area contributed by atoms with Crippen LogP contribution >= 0.6 is 11.3 Å². The van der Waals surface area contributed by atoms with Gasteiger partial charge in [-0.25, -0.2) is 4.98 Å². The highest BCUT2D eigenvalue weighted by atomic mass is 32.1. The molecule has 1 aliphatic rings. The van der Waals surface area contributed by atoms with Crippen molar-refractivity contribution in [2.45, 2.75) is 6.04 Å². The molecule has 1 aliphatic heterocycles. The summed E-state index contributed by atoms with van der Waals surface area (Å²) in [6, 6.07) is 3.64. The van der Waals surface area contributed by atoms with E-state index in [1.165, 1.54) is 21.9 Å². The Hall–Kier alpha value is -2.58. The number of carbonyl (C=O) groups excluding carboxylic acids is 1. The van der Waals surface area contributed by atoms with Crippen molar-refractivity contribution in [3.05, 3.63) is 63.8 Å². The first-order valence-electron chi connectivity index (χ1n) is 7.62. The molecule has 3 aromatic heterocycles. The zero-order chi connectivity index (χ0) is 16.5. The predicted molar refractivity (Wildman–Crippen MR) is 90.2 cm³/mol. The first-order valence-corrected chi connectivity index (χ1v) is 8.50. The van der Waals surface area contributed by atoms with Crippen LogP contribution in [0.3, 0.4) is 0 Å². The van der Waals surface area contributed by atoms with Crippen LogP contribution < -0.4 is 10.9 Å². The number of rotatable bonds is 2. The van der Waals surface area contributed by atoms with Crippen molar-refractivity contribution in [3.63, 3.8) is 0 Å². The van der Waals surface area contributed by atoms with Gasteiger partial charge in [0.15, 0.2) is 4.96 Å². The average molecular weight is 341 g/mol. The van der Waals surface area contributed by atoms with Gasteiger partial charge in [-0.15, -0.1) is 11.3 Å². The number of pyridine rings is 1. The lowest BCUT2D eigenvalue weighted by molar-refractivity contribution is 0.0631. The van der Waals surface area contributed by atoms with Gasteiger partial charge in [-0.05, 0) is 11.6 Å². The molecule has 122 valence electrons. The molecule has 0 radical (unpaired) electrons. The Morgan fingerprint density at radius 2 is 2.29 bits per heavy atom. The van der Waals surface area contributed by atoms with Gasteiger partial charge in [-0.3, -0.25) is 19.0 Å². The van der Waals surface area contributed by atoms with Gasteiger partial charge >= 0.3 is 0 Å². The molecule has 7 nitrogen and oxygen atoms in total. The van der Waals surface area contributed by atoms with Crippen molar-refractivity contribution < 1.29 is 4.79 Å². The normalized spacial score (nSPS) is 18.0. The maximum absolute atomic E-state index is 13.0. The summed E-state index contributed by atoms with van der Waals surface area (Å²) in [6.07, 6.45) is 6.49. The maximum Gasteiger partial charge on any atom is 0.271 e. The van der Waals surface area contributed by atoms with Crippen LogP contribution in [0.1, 0.15) is 22.0 Å². The second kappa shape index (κ2) is 6.14. The van der Waals surface area contributed by atoms with E-state index in [9.17, 15) is 9.59 Å². The van der Waals surface area contributed by atoms with Crippen LogP contribution in [0.15, 0.2) is 47.1 Å². The molecule has 0 aliphatic carbocycles. The molecule has 4 rings (SSSR count). The van der Waals surface area contributed by atoms with E-state index in [1.54, 1.807) is 28.9 Å². The molecule has 0 bridgehead atoms. The minimum Gasteiger partial charge on any atom is -0.329 e. The minimum atomic E-state index is -0.324. The molecule has 1 atom stereocenters. The quantitative estimate of drug-likeness (QED) is 0.750. The second-order valence-corrected chi connectivity index (χ2v) is 6.41. The highest BCUT2D eigenvalue weighted by molar-refractivity contribution is 7.15. The molecule has 1 unspecified atom stereocenters. The van der Waals surface area contributed by atoms with Crippen molar-refractivity contribution in [1.29, 1.82) is 0 Å². The molecule has 1 saturated heterocycles. The lowest BCUT2D eigenvalue weighted by atomic mass is 10.0. The summed E-state index contributed by atoms with van der Waals surface area (Å²) in [5.41, 5.74) is 0.721. The number of carbonyl (C=O) groups is 1. The van der Waals surface area contributed by atoms with Gasteiger partial charge in [0, 0.05) is 49.8 Å². The van der Waals surface area contributed by atoms with Gasteiger partial charge in [0.05, 0.1) is 6.04 Å². The van der Waals surface area contributed by atoms with Gasteiger partial charge in [0.1, 0.15) is 5.56 Å². The van der Waals surface area contributed by atoms with Gasteiger partial charge in [-0.1, -0.05) is 6.07 Å². The number of fused-ring (bicyclic) bond motifs is 1. The Kier molecular flexibility index (Phi) is 3.83. The second-order valence-electron chi connectivity index (χ2n) is 5.54. The summed E-state index contributed by atoms with van der Waals surface area (Å²) in [4.78, 5) is 36.2. The van der Waals surface area contributed by atoms with Crippen LogP contribution in [0.25, 0.3) is 4.96 Å². The summed E-state index contributed by atoms with van der Waals surface area (Å²) < 4.78 is 1.42. The van der Waals surface area contributed by atoms with Crippen molar-refractivity contribution >= 4 is 22.2 Å².